The molecule has 0 radical (unpaired) electrons. The Hall–Kier alpha value is -5.04. The molecular weight excluding hydrogens is 466 g/mol. The Morgan fingerprint density at radius 1 is 0.757 bits per heavy atom. The van der Waals surface area contributed by atoms with Crippen LogP contribution in [0.15, 0.2) is 109 Å². The van der Waals surface area contributed by atoms with Crippen LogP contribution in [0.2, 0.25) is 0 Å². The Balaban J connectivity index is 1.24. The van der Waals surface area contributed by atoms with Crippen molar-refractivity contribution < 1.29 is 19.0 Å². The van der Waals surface area contributed by atoms with Crippen molar-refractivity contribution in [3.05, 3.63) is 115 Å². The first kappa shape index (κ1) is 23.7. The molecule has 0 unspecified atom stereocenters. The number of aromatic nitrogens is 2. The van der Waals surface area contributed by atoms with Crippen LogP contribution in [0, 0.1) is 0 Å². The van der Waals surface area contributed by atoms with Crippen molar-refractivity contribution in [1.29, 1.82) is 0 Å². The Morgan fingerprint density at radius 2 is 1.46 bits per heavy atom. The van der Waals surface area contributed by atoms with Gasteiger partial charge in [-0.1, -0.05) is 18.2 Å². The van der Waals surface area contributed by atoms with Gasteiger partial charge >= 0.3 is 0 Å². The van der Waals surface area contributed by atoms with Crippen LogP contribution in [0.5, 0.6) is 23.0 Å². The lowest BCUT2D eigenvalue weighted by molar-refractivity contribution is 0.102. The lowest BCUT2D eigenvalue weighted by atomic mass is 10.1. The summed E-state index contributed by atoms with van der Waals surface area (Å²) in [6.07, 6.45) is 1.88. The molecular formula is C30H25N3O4. The minimum absolute atomic E-state index is 0.199. The van der Waals surface area contributed by atoms with Gasteiger partial charge in [0.2, 0.25) is 0 Å². The Bertz CT molecular complexity index is 1490. The first-order chi connectivity index (χ1) is 18.1. The summed E-state index contributed by atoms with van der Waals surface area (Å²) in [5.41, 5.74) is 3.77. The highest BCUT2D eigenvalue weighted by atomic mass is 16.5. The second-order valence-corrected chi connectivity index (χ2v) is 8.16. The van der Waals surface area contributed by atoms with Gasteiger partial charge in [-0.15, -0.1) is 0 Å². The zero-order chi connectivity index (χ0) is 25.6. The SMILES string of the molecule is COc1ccc(-c2ccn(-c3ccc(C(=O)Nc4ccc(Oc5ccccc5)cc4)cc3)n2)cc1OC. The molecule has 0 spiro atoms. The molecule has 184 valence electrons. The molecule has 0 fully saturated rings. The van der Waals surface area contributed by atoms with E-state index in [4.69, 9.17) is 14.2 Å². The van der Waals surface area contributed by atoms with E-state index in [2.05, 4.69) is 10.4 Å². The van der Waals surface area contributed by atoms with Gasteiger partial charge in [0.25, 0.3) is 5.91 Å². The summed E-state index contributed by atoms with van der Waals surface area (Å²) in [7, 11) is 3.21. The Morgan fingerprint density at radius 3 is 2.16 bits per heavy atom. The van der Waals surface area contributed by atoms with Crippen molar-refractivity contribution in [3.8, 4) is 39.9 Å². The number of carbonyl (C=O) groups is 1. The molecule has 1 heterocycles. The predicted octanol–water partition coefficient (Wildman–Crippen LogP) is 6.60. The van der Waals surface area contributed by atoms with E-state index in [0.717, 1.165) is 22.7 Å². The van der Waals surface area contributed by atoms with Crippen LogP contribution < -0.4 is 19.5 Å². The second kappa shape index (κ2) is 10.7. The molecule has 1 N–H and O–H groups in total. The van der Waals surface area contributed by atoms with Crippen molar-refractivity contribution in [1.82, 2.24) is 9.78 Å². The molecule has 0 aliphatic rings. The quantitative estimate of drug-likeness (QED) is 0.265. The van der Waals surface area contributed by atoms with Crippen molar-refractivity contribution >= 4 is 11.6 Å². The topological polar surface area (TPSA) is 74.6 Å². The number of rotatable bonds is 8. The number of benzene rings is 4. The van der Waals surface area contributed by atoms with Crippen LogP contribution >= 0.6 is 0 Å². The van der Waals surface area contributed by atoms with Gasteiger partial charge in [-0.2, -0.15) is 5.10 Å². The van der Waals surface area contributed by atoms with E-state index >= 15 is 0 Å². The number of carbonyl (C=O) groups excluding carboxylic acids is 1. The highest BCUT2D eigenvalue weighted by Crippen LogP contribution is 2.32. The largest absolute Gasteiger partial charge is 0.493 e. The molecule has 1 aromatic heterocycles. The summed E-state index contributed by atoms with van der Waals surface area (Å²) in [5.74, 6) is 2.56. The highest BCUT2D eigenvalue weighted by molar-refractivity contribution is 6.04. The predicted molar refractivity (Wildman–Crippen MR) is 143 cm³/mol. The van der Waals surface area contributed by atoms with E-state index in [0.29, 0.717) is 28.5 Å². The van der Waals surface area contributed by atoms with Gasteiger partial charge < -0.3 is 19.5 Å². The minimum Gasteiger partial charge on any atom is -0.493 e. The maximum absolute atomic E-state index is 12.8. The number of para-hydroxylation sites is 1. The normalized spacial score (nSPS) is 10.5. The van der Waals surface area contributed by atoms with Gasteiger partial charge in [0.1, 0.15) is 11.5 Å². The van der Waals surface area contributed by atoms with Crippen molar-refractivity contribution in [2.45, 2.75) is 0 Å². The first-order valence-corrected chi connectivity index (χ1v) is 11.7. The van der Waals surface area contributed by atoms with Crippen LogP contribution in [0.4, 0.5) is 5.69 Å². The highest BCUT2D eigenvalue weighted by Gasteiger charge is 2.11. The molecule has 4 aromatic carbocycles. The number of methoxy groups -OCH3 is 2. The molecule has 0 aliphatic heterocycles. The lowest BCUT2D eigenvalue weighted by Crippen LogP contribution is -2.11. The first-order valence-electron chi connectivity index (χ1n) is 11.7. The number of nitrogens with one attached hydrogen (secondary N) is 1. The van der Waals surface area contributed by atoms with Crippen molar-refractivity contribution in [3.63, 3.8) is 0 Å². The molecule has 7 nitrogen and oxygen atoms in total. The molecule has 0 aliphatic carbocycles. The molecule has 1 amide bonds. The Labute approximate surface area is 214 Å². The van der Waals surface area contributed by atoms with Crippen LogP contribution in [0.1, 0.15) is 10.4 Å². The lowest BCUT2D eigenvalue weighted by Gasteiger charge is -2.09. The summed E-state index contributed by atoms with van der Waals surface area (Å²) in [6, 6.07) is 31.7. The van der Waals surface area contributed by atoms with Crippen LogP contribution in [0.25, 0.3) is 16.9 Å². The maximum atomic E-state index is 12.8. The zero-order valence-corrected chi connectivity index (χ0v) is 20.4. The van der Waals surface area contributed by atoms with Crippen molar-refractivity contribution in [2.75, 3.05) is 19.5 Å². The van der Waals surface area contributed by atoms with Gasteiger partial charge in [0.05, 0.1) is 25.6 Å². The number of ether oxygens (including phenoxy) is 3. The number of nitrogens with zero attached hydrogens (tertiary/aromatic N) is 2. The third kappa shape index (κ3) is 5.46. The van der Waals surface area contributed by atoms with Crippen LogP contribution in [0.3, 0.4) is 0 Å². The smallest absolute Gasteiger partial charge is 0.255 e. The monoisotopic (exact) mass is 491 g/mol. The molecule has 5 rings (SSSR count). The fourth-order valence-electron chi connectivity index (χ4n) is 3.82. The average Bonchev–Trinajstić information content (AvgIpc) is 3.45. The molecule has 5 aromatic rings. The van der Waals surface area contributed by atoms with E-state index in [1.807, 2.05) is 97.2 Å². The summed E-state index contributed by atoms with van der Waals surface area (Å²) in [4.78, 5) is 12.8. The molecule has 0 saturated carbocycles. The maximum Gasteiger partial charge on any atom is 0.255 e. The second-order valence-electron chi connectivity index (χ2n) is 8.16. The summed E-state index contributed by atoms with van der Waals surface area (Å²) < 4.78 is 18.3. The number of anilines is 1. The number of amides is 1. The summed E-state index contributed by atoms with van der Waals surface area (Å²) in [5, 5.41) is 7.59. The van der Waals surface area contributed by atoms with E-state index < -0.39 is 0 Å². The summed E-state index contributed by atoms with van der Waals surface area (Å²) in [6.45, 7) is 0. The average molecular weight is 492 g/mol. The van der Waals surface area contributed by atoms with Gasteiger partial charge in [0.15, 0.2) is 11.5 Å². The van der Waals surface area contributed by atoms with Gasteiger partial charge in [0, 0.05) is 23.0 Å². The van der Waals surface area contributed by atoms with Crippen LogP contribution in [-0.2, 0) is 0 Å². The zero-order valence-electron chi connectivity index (χ0n) is 20.4. The Kier molecular flexibility index (Phi) is 6.85. The number of hydrogen-bond donors (Lipinski definition) is 1. The fourth-order valence-corrected chi connectivity index (χ4v) is 3.82. The molecule has 0 atom stereocenters. The van der Waals surface area contributed by atoms with Gasteiger partial charge in [-0.05, 0) is 84.9 Å². The van der Waals surface area contributed by atoms with E-state index in [1.165, 1.54) is 0 Å². The molecule has 0 bridgehead atoms. The summed E-state index contributed by atoms with van der Waals surface area (Å²) >= 11 is 0. The van der Waals surface area contributed by atoms with Crippen LogP contribution in [-0.4, -0.2) is 29.9 Å². The van der Waals surface area contributed by atoms with E-state index in [-0.39, 0.29) is 5.91 Å². The molecule has 37 heavy (non-hydrogen) atoms. The number of hydrogen-bond acceptors (Lipinski definition) is 5. The van der Waals surface area contributed by atoms with Gasteiger partial charge in [-0.25, -0.2) is 4.68 Å². The third-order valence-electron chi connectivity index (χ3n) is 5.75. The molecule has 7 heteroatoms. The standard InChI is InChI=1S/C30H25N3O4/c1-35-28-17-10-22(20-29(28)36-2)27-18-19-33(32-27)24-13-8-21(9-14-24)30(34)31-23-11-15-26(16-12-23)37-25-6-4-3-5-7-25/h3-20H,1-2H3,(H,31,34). The van der Waals surface area contributed by atoms with E-state index in [1.54, 1.807) is 31.0 Å². The van der Waals surface area contributed by atoms with E-state index in [9.17, 15) is 4.79 Å². The fraction of sp³-hybridized carbons (Fsp3) is 0.0667. The third-order valence-corrected chi connectivity index (χ3v) is 5.75. The van der Waals surface area contributed by atoms with Gasteiger partial charge in [-0.3, -0.25) is 4.79 Å². The van der Waals surface area contributed by atoms with Crippen molar-refractivity contribution in [2.24, 2.45) is 0 Å². The minimum atomic E-state index is -0.199. The molecule has 0 saturated heterocycles.